The second kappa shape index (κ2) is 6.42. The van der Waals surface area contributed by atoms with Crippen molar-refractivity contribution in [2.75, 3.05) is 5.32 Å². The number of anilines is 2. The zero-order valence-electron chi connectivity index (χ0n) is 14.8. The van der Waals surface area contributed by atoms with E-state index >= 15 is 0 Å². The molecule has 0 radical (unpaired) electrons. The van der Waals surface area contributed by atoms with Gasteiger partial charge in [-0.3, -0.25) is 0 Å². The number of aryl methyl sites for hydroxylation is 2. The Bertz CT molecular complexity index is 1120. The maximum Gasteiger partial charge on any atom is 0.254 e. The van der Waals surface area contributed by atoms with Crippen LogP contribution in [0.3, 0.4) is 0 Å². The molecule has 0 atom stereocenters. The van der Waals surface area contributed by atoms with E-state index in [1.54, 1.807) is 4.52 Å². The average Bonchev–Trinajstić information content (AvgIpc) is 3.03. The molecule has 0 aliphatic carbocycles. The smallest absolute Gasteiger partial charge is 0.254 e. The van der Waals surface area contributed by atoms with Gasteiger partial charge in [0, 0.05) is 28.0 Å². The van der Waals surface area contributed by atoms with Gasteiger partial charge >= 0.3 is 0 Å². The van der Waals surface area contributed by atoms with Gasteiger partial charge in [0.1, 0.15) is 5.82 Å². The Balaban J connectivity index is 1.83. The lowest BCUT2D eigenvalue weighted by molar-refractivity contribution is 0.939. The number of hydrogen-bond acceptors (Lipinski definition) is 4. The SMILES string of the molecule is Cc1cccc(-c2nc3nc(C)cc(Nc4cccc(Cl)c4C)n3n2)c1. The molecule has 2 aromatic heterocycles. The summed E-state index contributed by atoms with van der Waals surface area (Å²) >= 11 is 6.24. The molecule has 2 aromatic carbocycles. The predicted molar refractivity (Wildman–Crippen MR) is 105 cm³/mol. The Labute approximate surface area is 156 Å². The molecule has 0 bridgehead atoms. The lowest BCUT2D eigenvalue weighted by Gasteiger charge is -2.11. The van der Waals surface area contributed by atoms with Gasteiger partial charge in [0.25, 0.3) is 5.78 Å². The summed E-state index contributed by atoms with van der Waals surface area (Å²) in [6.07, 6.45) is 0. The van der Waals surface area contributed by atoms with Gasteiger partial charge in [-0.05, 0) is 44.5 Å². The summed E-state index contributed by atoms with van der Waals surface area (Å²) in [7, 11) is 0. The topological polar surface area (TPSA) is 55.1 Å². The van der Waals surface area contributed by atoms with E-state index in [4.69, 9.17) is 11.6 Å². The molecule has 26 heavy (non-hydrogen) atoms. The van der Waals surface area contributed by atoms with Crippen LogP contribution in [0.5, 0.6) is 0 Å². The van der Waals surface area contributed by atoms with Crippen LogP contribution in [0.2, 0.25) is 5.02 Å². The van der Waals surface area contributed by atoms with E-state index in [2.05, 4.69) is 39.4 Å². The van der Waals surface area contributed by atoms with Crippen molar-refractivity contribution in [1.29, 1.82) is 0 Å². The van der Waals surface area contributed by atoms with Crippen molar-refractivity contribution in [2.45, 2.75) is 20.8 Å². The Hall–Kier alpha value is -2.92. The number of benzene rings is 2. The fourth-order valence-electron chi connectivity index (χ4n) is 2.86. The number of aromatic nitrogens is 4. The monoisotopic (exact) mass is 363 g/mol. The number of fused-ring (bicyclic) bond motifs is 1. The Morgan fingerprint density at radius 1 is 0.962 bits per heavy atom. The Kier molecular flexibility index (Phi) is 4.09. The molecule has 0 amide bonds. The molecule has 0 fully saturated rings. The highest BCUT2D eigenvalue weighted by molar-refractivity contribution is 6.31. The van der Waals surface area contributed by atoms with Crippen LogP contribution in [0.1, 0.15) is 16.8 Å². The van der Waals surface area contributed by atoms with Gasteiger partial charge in [-0.1, -0.05) is 41.4 Å². The summed E-state index contributed by atoms with van der Waals surface area (Å²) in [6.45, 7) is 5.98. The second-order valence-corrected chi connectivity index (χ2v) is 6.74. The molecular formula is C20H18ClN5. The Morgan fingerprint density at radius 2 is 1.77 bits per heavy atom. The zero-order valence-corrected chi connectivity index (χ0v) is 15.5. The number of hydrogen-bond donors (Lipinski definition) is 1. The average molecular weight is 364 g/mol. The van der Waals surface area contributed by atoms with E-state index in [0.717, 1.165) is 33.3 Å². The summed E-state index contributed by atoms with van der Waals surface area (Å²) in [4.78, 5) is 9.11. The fourth-order valence-corrected chi connectivity index (χ4v) is 3.04. The van der Waals surface area contributed by atoms with E-state index in [9.17, 15) is 0 Å². The third kappa shape index (κ3) is 3.02. The summed E-state index contributed by atoms with van der Waals surface area (Å²) in [5.74, 6) is 2.01. The lowest BCUT2D eigenvalue weighted by Crippen LogP contribution is -2.03. The molecule has 0 saturated carbocycles. The van der Waals surface area contributed by atoms with Crippen LogP contribution >= 0.6 is 11.6 Å². The molecule has 4 rings (SSSR count). The first-order chi connectivity index (χ1) is 12.5. The summed E-state index contributed by atoms with van der Waals surface area (Å²) in [5.41, 5.74) is 4.91. The summed E-state index contributed by atoms with van der Waals surface area (Å²) in [5, 5.41) is 8.79. The first kappa shape index (κ1) is 16.5. The van der Waals surface area contributed by atoms with Crippen LogP contribution in [0.25, 0.3) is 17.2 Å². The highest BCUT2D eigenvalue weighted by Crippen LogP contribution is 2.27. The first-order valence-corrected chi connectivity index (χ1v) is 8.72. The van der Waals surface area contributed by atoms with Crippen molar-refractivity contribution >= 4 is 28.9 Å². The van der Waals surface area contributed by atoms with Crippen molar-refractivity contribution in [3.63, 3.8) is 0 Å². The van der Waals surface area contributed by atoms with Crippen molar-refractivity contribution in [3.05, 3.63) is 70.4 Å². The van der Waals surface area contributed by atoms with Crippen molar-refractivity contribution < 1.29 is 0 Å². The molecule has 2 heterocycles. The standard InChI is InChI=1S/C20H18ClN5/c1-12-6-4-7-15(10-12)19-24-20-22-13(2)11-18(26(20)25-19)23-17-9-5-8-16(21)14(17)3/h4-11,23H,1-3H3. The molecular weight excluding hydrogens is 346 g/mol. The number of rotatable bonds is 3. The van der Waals surface area contributed by atoms with Gasteiger partial charge < -0.3 is 5.32 Å². The molecule has 0 unspecified atom stereocenters. The predicted octanol–water partition coefficient (Wildman–Crippen LogP) is 5.11. The molecule has 0 saturated heterocycles. The van der Waals surface area contributed by atoms with Gasteiger partial charge in [-0.25, -0.2) is 4.98 Å². The maximum atomic E-state index is 6.24. The third-order valence-electron chi connectivity index (χ3n) is 4.25. The van der Waals surface area contributed by atoms with Crippen molar-refractivity contribution in [1.82, 2.24) is 19.6 Å². The molecule has 0 aliphatic heterocycles. The second-order valence-electron chi connectivity index (χ2n) is 6.34. The minimum absolute atomic E-state index is 0.559. The van der Waals surface area contributed by atoms with Gasteiger partial charge in [-0.15, -0.1) is 5.10 Å². The van der Waals surface area contributed by atoms with E-state index in [1.165, 1.54) is 5.56 Å². The highest BCUT2D eigenvalue weighted by atomic mass is 35.5. The summed E-state index contributed by atoms with van der Waals surface area (Å²) in [6, 6.07) is 15.9. The van der Waals surface area contributed by atoms with Crippen molar-refractivity contribution in [3.8, 4) is 11.4 Å². The van der Waals surface area contributed by atoms with Crippen LogP contribution in [-0.4, -0.2) is 19.6 Å². The number of halogens is 1. The Morgan fingerprint density at radius 3 is 2.58 bits per heavy atom. The maximum absolute atomic E-state index is 6.24. The summed E-state index contributed by atoms with van der Waals surface area (Å²) < 4.78 is 1.73. The normalized spacial score (nSPS) is 11.1. The molecule has 5 nitrogen and oxygen atoms in total. The van der Waals surface area contributed by atoms with Crippen LogP contribution in [0.4, 0.5) is 11.5 Å². The van der Waals surface area contributed by atoms with Crippen LogP contribution in [0.15, 0.2) is 48.5 Å². The molecule has 130 valence electrons. The zero-order chi connectivity index (χ0) is 18.3. The molecule has 4 aromatic rings. The number of nitrogens with zero attached hydrogens (tertiary/aromatic N) is 4. The van der Waals surface area contributed by atoms with Gasteiger partial charge in [-0.2, -0.15) is 9.50 Å². The molecule has 6 heteroatoms. The lowest BCUT2D eigenvalue weighted by atomic mass is 10.1. The van der Waals surface area contributed by atoms with Gasteiger partial charge in [0.05, 0.1) is 0 Å². The molecule has 1 N–H and O–H groups in total. The minimum atomic E-state index is 0.559. The fraction of sp³-hybridized carbons (Fsp3) is 0.150. The van der Waals surface area contributed by atoms with Crippen LogP contribution in [-0.2, 0) is 0 Å². The molecule has 0 aliphatic rings. The van der Waals surface area contributed by atoms with Gasteiger partial charge in [0.15, 0.2) is 5.82 Å². The van der Waals surface area contributed by atoms with Gasteiger partial charge in [0.2, 0.25) is 0 Å². The van der Waals surface area contributed by atoms with Crippen LogP contribution < -0.4 is 5.32 Å². The first-order valence-electron chi connectivity index (χ1n) is 8.35. The molecule has 0 spiro atoms. The largest absolute Gasteiger partial charge is 0.340 e. The highest BCUT2D eigenvalue weighted by Gasteiger charge is 2.13. The van der Waals surface area contributed by atoms with Crippen molar-refractivity contribution in [2.24, 2.45) is 0 Å². The van der Waals surface area contributed by atoms with Crippen LogP contribution in [0, 0.1) is 20.8 Å². The van der Waals surface area contributed by atoms with E-state index in [0.29, 0.717) is 11.6 Å². The quantitative estimate of drug-likeness (QED) is 0.549. The minimum Gasteiger partial charge on any atom is -0.340 e. The van der Waals surface area contributed by atoms with E-state index in [1.807, 2.05) is 50.2 Å². The third-order valence-corrected chi connectivity index (χ3v) is 4.66. The van der Waals surface area contributed by atoms with E-state index < -0.39 is 0 Å². The van der Waals surface area contributed by atoms with E-state index in [-0.39, 0.29) is 0 Å². The number of nitrogens with one attached hydrogen (secondary N) is 1.